The molecule has 0 aromatic carbocycles. The second-order valence-corrected chi connectivity index (χ2v) is 6.74. The van der Waals surface area contributed by atoms with Crippen molar-refractivity contribution in [3.05, 3.63) is 35.9 Å². The van der Waals surface area contributed by atoms with Crippen molar-refractivity contribution < 1.29 is 22.8 Å². The molecule has 0 atom stereocenters. The van der Waals surface area contributed by atoms with E-state index in [1.165, 1.54) is 22.9 Å². The van der Waals surface area contributed by atoms with Gasteiger partial charge in [0, 0.05) is 18.5 Å². The Balaban J connectivity index is 2.24. The van der Waals surface area contributed by atoms with E-state index in [0.717, 1.165) is 0 Å². The van der Waals surface area contributed by atoms with Crippen molar-refractivity contribution in [3.8, 4) is 5.69 Å². The number of thioether (sulfide) groups is 1. The molecule has 1 amide bonds. The highest BCUT2D eigenvalue weighted by molar-refractivity contribution is 8.15. The van der Waals surface area contributed by atoms with Crippen LogP contribution in [0.2, 0.25) is 5.15 Å². The molecule has 12 heteroatoms. The van der Waals surface area contributed by atoms with Crippen LogP contribution < -0.4 is 4.90 Å². The summed E-state index contributed by atoms with van der Waals surface area (Å²) in [6, 6.07) is 3.47. The number of amides is 1. The van der Waals surface area contributed by atoms with Gasteiger partial charge in [-0.2, -0.15) is 18.3 Å². The first kappa shape index (κ1) is 22.0. The van der Waals surface area contributed by atoms with Gasteiger partial charge in [-0.1, -0.05) is 28.5 Å². The molecule has 28 heavy (non-hydrogen) atoms. The summed E-state index contributed by atoms with van der Waals surface area (Å²) in [5.74, 6) is -0.998. The lowest BCUT2D eigenvalue weighted by Gasteiger charge is -2.19. The Morgan fingerprint density at radius 2 is 2.21 bits per heavy atom. The van der Waals surface area contributed by atoms with Gasteiger partial charge in [-0.3, -0.25) is 9.78 Å². The average molecular weight is 436 g/mol. The summed E-state index contributed by atoms with van der Waals surface area (Å²) in [6.07, 6.45) is -0.684. The highest BCUT2D eigenvalue weighted by Crippen LogP contribution is 2.28. The molecule has 152 valence electrons. The zero-order valence-electron chi connectivity index (χ0n) is 15.0. The third-order valence-corrected chi connectivity index (χ3v) is 4.60. The molecule has 0 aliphatic heterocycles. The van der Waals surface area contributed by atoms with Crippen molar-refractivity contribution in [1.29, 1.82) is 0 Å². The van der Waals surface area contributed by atoms with Crippen molar-refractivity contribution in [2.45, 2.75) is 19.5 Å². The molecule has 2 aromatic heterocycles. The van der Waals surface area contributed by atoms with Gasteiger partial charge in [0.1, 0.15) is 12.8 Å². The number of hydrogen-bond acceptors (Lipinski definition) is 6. The van der Waals surface area contributed by atoms with Crippen molar-refractivity contribution in [2.75, 3.05) is 24.3 Å². The van der Waals surface area contributed by atoms with Crippen LogP contribution in [0, 0.1) is 0 Å². The molecule has 0 N–H and O–H groups in total. The fourth-order valence-electron chi connectivity index (χ4n) is 2.16. The molecule has 0 aliphatic rings. The predicted octanol–water partition coefficient (Wildman–Crippen LogP) is 3.92. The second kappa shape index (κ2) is 9.78. The quantitative estimate of drug-likeness (QED) is 0.390. The number of aromatic nitrogens is 3. The molecular formula is C16H17ClF3N5O2S. The number of rotatable bonds is 6. The number of pyridine rings is 1. The topological polar surface area (TPSA) is 72.6 Å². The van der Waals surface area contributed by atoms with E-state index in [-0.39, 0.29) is 22.5 Å². The molecule has 0 unspecified atom stereocenters. The van der Waals surface area contributed by atoms with Crippen LogP contribution in [0.25, 0.3) is 5.69 Å². The lowest BCUT2D eigenvalue weighted by atomic mass is 10.4. The van der Waals surface area contributed by atoms with Crippen molar-refractivity contribution >= 4 is 40.0 Å². The summed E-state index contributed by atoms with van der Waals surface area (Å²) in [5, 5.41) is 7.57. The van der Waals surface area contributed by atoms with Crippen molar-refractivity contribution in [3.63, 3.8) is 0 Å². The smallest absolute Gasteiger partial charge is 0.389 e. The summed E-state index contributed by atoms with van der Waals surface area (Å²) in [7, 11) is 1.21. The minimum absolute atomic E-state index is 0.0520. The number of anilines is 1. The monoisotopic (exact) mass is 435 g/mol. The first-order chi connectivity index (χ1) is 13.3. The standard InChI is InChI=1S/C16H17ClF3N5O2S/c1-3-24(15(26)14(23-27-2)28-8-6-16(18,19)20)12-10-25(22-13(12)17)11-5-4-7-21-9-11/h4-5,7,9-10H,3,6,8H2,1-2H3/b23-14+. The Kier molecular flexibility index (Phi) is 7.69. The number of nitrogens with zero attached hydrogens (tertiary/aromatic N) is 5. The Morgan fingerprint density at radius 3 is 2.79 bits per heavy atom. The van der Waals surface area contributed by atoms with Crippen molar-refractivity contribution in [2.24, 2.45) is 5.16 Å². The zero-order valence-corrected chi connectivity index (χ0v) is 16.6. The van der Waals surface area contributed by atoms with Gasteiger partial charge in [-0.15, -0.1) is 0 Å². The Hall–Kier alpha value is -2.27. The minimum atomic E-state index is -4.33. The Labute approximate surface area is 168 Å². The Morgan fingerprint density at radius 1 is 1.46 bits per heavy atom. The maximum atomic E-state index is 12.8. The van der Waals surface area contributed by atoms with Gasteiger partial charge in [0.15, 0.2) is 5.15 Å². The van der Waals surface area contributed by atoms with E-state index in [9.17, 15) is 18.0 Å². The Bertz CT molecular complexity index is 829. The number of halogens is 4. The fourth-order valence-corrected chi connectivity index (χ4v) is 3.28. The average Bonchev–Trinajstić information content (AvgIpc) is 3.03. The predicted molar refractivity (Wildman–Crippen MR) is 102 cm³/mol. The van der Waals surface area contributed by atoms with Crippen LogP contribution in [0.5, 0.6) is 0 Å². The number of oxime groups is 1. The summed E-state index contributed by atoms with van der Waals surface area (Å²) in [5.41, 5.74) is 0.919. The highest BCUT2D eigenvalue weighted by Gasteiger charge is 2.29. The van der Waals surface area contributed by atoms with Gasteiger partial charge in [0.25, 0.3) is 5.91 Å². The van der Waals surface area contributed by atoms with E-state index < -0.39 is 18.5 Å². The normalized spacial score (nSPS) is 12.1. The number of carbonyl (C=O) groups is 1. The SMILES string of the molecule is CCN(C(=O)/C(=N\OC)SCCC(F)(F)F)c1cn(-c2cccnc2)nc1Cl. The first-order valence-electron chi connectivity index (χ1n) is 8.05. The van der Waals surface area contributed by atoms with E-state index in [4.69, 9.17) is 11.6 Å². The summed E-state index contributed by atoms with van der Waals surface area (Å²) in [4.78, 5) is 22.7. The van der Waals surface area contributed by atoms with Crippen LogP contribution in [0.15, 0.2) is 35.9 Å². The van der Waals surface area contributed by atoms with Gasteiger partial charge in [0.2, 0.25) is 5.04 Å². The first-order valence-corrected chi connectivity index (χ1v) is 9.41. The third-order valence-electron chi connectivity index (χ3n) is 3.40. The molecule has 7 nitrogen and oxygen atoms in total. The molecule has 0 spiro atoms. The lowest BCUT2D eigenvalue weighted by Crippen LogP contribution is -2.35. The maximum absolute atomic E-state index is 12.8. The van der Waals surface area contributed by atoms with Crippen LogP contribution >= 0.6 is 23.4 Å². The third kappa shape index (κ3) is 5.86. The molecule has 2 heterocycles. The van der Waals surface area contributed by atoms with Gasteiger partial charge in [0.05, 0.1) is 24.5 Å². The molecular weight excluding hydrogens is 419 g/mol. The number of alkyl halides is 3. The van der Waals surface area contributed by atoms with Crippen molar-refractivity contribution in [1.82, 2.24) is 14.8 Å². The van der Waals surface area contributed by atoms with Crippen LogP contribution in [0.4, 0.5) is 18.9 Å². The molecule has 0 radical (unpaired) electrons. The molecule has 2 aromatic rings. The lowest BCUT2D eigenvalue weighted by molar-refractivity contribution is -0.129. The van der Waals surface area contributed by atoms with Crippen LogP contribution in [-0.4, -0.2) is 51.3 Å². The van der Waals surface area contributed by atoms with Crippen LogP contribution in [-0.2, 0) is 9.63 Å². The molecule has 0 aliphatic carbocycles. The summed E-state index contributed by atoms with van der Waals surface area (Å²) < 4.78 is 38.6. The van der Waals surface area contributed by atoms with E-state index in [0.29, 0.717) is 23.1 Å². The minimum Gasteiger partial charge on any atom is -0.398 e. The van der Waals surface area contributed by atoms with Gasteiger partial charge in [-0.05, 0) is 19.1 Å². The fraction of sp³-hybridized carbons (Fsp3) is 0.375. The molecule has 0 fully saturated rings. The van der Waals surface area contributed by atoms with E-state index >= 15 is 0 Å². The van der Waals surface area contributed by atoms with Gasteiger partial charge in [-0.25, -0.2) is 4.68 Å². The number of carbonyl (C=O) groups excluding carboxylic acids is 1. The zero-order chi connectivity index (χ0) is 20.7. The largest absolute Gasteiger partial charge is 0.398 e. The van der Waals surface area contributed by atoms with Gasteiger partial charge < -0.3 is 9.74 Å². The maximum Gasteiger partial charge on any atom is 0.389 e. The number of hydrogen-bond donors (Lipinski definition) is 0. The molecule has 0 saturated carbocycles. The van der Waals surface area contributed by atoms with E-state index in [2.05, 4.69) is 20.1 Å². The molecule has 0 bridgehead atoms. The van der Waals surface area contributed by atoms with Gasteiger partial charge >= 0.3 is 6.18 Å². The molecule has 0 saturated heterocycles. The second-order valence-electron chi connectivity index (χ2n) is 5.30. The highest BCUT2D eigenvalue weighted by atomic mass is 35.5. The summed E-state index contributed by atoms with van der Waals surface area (Å²) in [6.45, 7) is 1.89. The van der Waals surface area contributed by atoms with Crippen LogP contribution in [0.3, 0.4) is 0 Å². The van der Waals surface area contributed by atoms with Crippen LogP contribution in [0.1, 0.15) is 13.3 Å². The van der Waals surface area contributed by atoms with E-state index in [1.807, 2.05) is 0 Å². The molecule has 2 rings (SSSR count). The summed E-state index contributed by atoms with van der Waals surface area (Å²) >= 11 is 6.85. The van der Waals surface area contributed by atoms with E-state index in [1.54, 1.807) is 31.5 Å².